The van der Waals surface area contributed by atoms with E-state index in [4.69, 9.17) is 13.9 Å². The minimum Gasteiger partial charge on any atom is -0.454 e. The SMILES string of the molecule is Cc1nn(C)c(C)c1NC(=O)[C@@H](C)Sc1nnc(-c2ccc3c(c2)OCO3)o1. The fourth-order valence-corrected chi connectivity index (χ4v) is 3.47. The van der Waals surface area contributed by atoms with Crippen LogP contribution < -0.4 is 14.8 Å². The summed E-state index contributed by atoms with van der Waals surface area (Å²) in [5.41, 5.74) is 3.12. The fraction of sp³-hybridized carbons (Fsp3) is 0.333. The van der Waals surface area contributed by atoms with Crippen LogP contribution in [0.25, 0.3) is 11.5 Å². The zero-order chi connectivity index (χ0) is 19.8. The van der Waals surface area contributed by atoms with Gasteiger partial charge in [0.05, 0.1) is 22.3 Å². The van der Waals surface area contributed by atoms with E-state index in [1.54, 1.807) is 23.7 Å². The lowest BCUT2D eigenvalue weighted by atomic mass is 10.2. The van der Waals surface area contributed by atoms with Gasteiger partial charge in [-0.25, -0.2) is 0 Å². The molecule has 1 N–H and O–H groups in total. The van der Waals surface area contributed by atoms with E-state index in [9.17, 15) is 4.79 Å². The first kappa shape index (κ1) is 18.4. The van der Waals surface area contributed by atoms with Gasteiger partial charge in [-0.05, 0) is 39.0 Å². The Morgan fingerprint density at radius 1 is 1.25 bits per heavy atom. The van der Waals surface area contributed by atoms with Crippen LogP contribution in [0.4, 0.5) is 5.69 Å². The fourth-order valence-electron chi connectivity index (χ4n) is 2.79. The molecule has 0 saturated heterocycles. The number of carbonyl (C=O) groups excluding carboxylic acids is 1. The van der Waals surface area contributed by atoms with E-state index in [1.165, 1.54) is 11.8 Å². The molecular weight excluding hydrogens is 382 g/mol. The maximum absolute atomic E-state index is 12.5. The highest BCUT2D eigenvalue weighted by atomic mass is 32.2. The lowest BCUT2D eigenvalue weighted by Gasteiger charge is -2.10. The predicted octanol–water partition coefficient (Wildman–Crippen LogP) is 2.93. The summed E-state index contributed by atoms with van der Waals surface area (Å²) >= 11 is 1.19. The number of hydrogen-bond donors (Lipinski definition) is 1. The number of aromatic nitrogens is 4. The third-order valence-electron chi connectivity index (χ3n) is 4.43. The standard InChI is InChI=1S/C18H19N5O4S/c1-9-15(10(2)23(4)22-9)19-16(24)11(3)28-18-21-20-17(27-18)12-5-6-13-14(7-12)26-8-25-13/h5-7,11H,8H2,1-4H3,(H,19,24)/t11-/m1/s1. The van der Waals surface area contributed by atoms with Gasteiger partial charge >= 0.3 is 0 Å². The van der Waals surface area contributed by atoms with Gasteiger partial charge in [-0.15, -0.1) is 10.2 Å². The number of anilines is 1. The molecule has 3 heterocycles. The van der Waals surface area contributed by atoms with Gasteiger partial charge in [-0.2, -0.15) is 5.10 Å². The maximum Gasteiger partial charge on any atom is 0.277 e. The van der Waals surface area contributed by atoms with E-state index in [1.807, 2.05) is 27.0 Å². The number of fused-ring (bicyclic) bond motifs is 1. The summed E-state index contributed by atoms with van der Waals surface area (Å²) in [6.07, 6.45) is 0. The van der Waals surface area contributed by atoms with E-state index in [-0.39, 0.29) is 12.7 Å². The van der Waals surface area contributed by atoms with E-state index < -0.39 is 5.25 Å². The summed E-state index contributed by atoms with van der Waals surface area (Å²) in [5, 5.41) is 15.2. The van der Waals surface area contributed by atoms with Crippen LogP contribution in [0.3, 0.4) is 0 Å². The largest absolute Gasteiger partial charge is 0.454 e. The summed E-state index contributed by atoms with van der Waals surface area (Å²) in [4.78, 5) is 12.5. The molecule has 146 valence electrons. The molecule has 0 saturated carbocycles. The Labute approximate surface area is 165 Å². The molecule has 1 aliphatic heterocycles. The number of nitrogens with one attached hydrogen (secondary N) is 1. The highest BCUT2D eigenvalue weighted by molar-refractivity contribution is 8.00. The molecular formula is C18H19N5O4S. The smallest absolute Gasteiger partial charge is 0.277 e. The normalized spacial score (nSPS) is 13.6. The van der Waals surface area contributed by atoms with Crippen molar-refractivity contribution in [3.8, 4) is 23.0 Å². The van der Waals surface area contributed by atoms with Crippen molar-refractivity contribution >= 4 is 23.4 Å². The van der Waals surface area contributed by atoms with Crippen LogP contribution in [0.2, 0.25) is 0 Å². The highest BCUT2D eigenvalue weighted by Crippen LogP contribution is 2.36. The molecule has 1 aliphatic rings. The second kappa shape index (κ2) is 7.19. The number of aryl methyl sites for hydroxylation is 2. The van der Waals surface area contributed by atoms with Crippen LogP contribution >= 0.6 is 11.8 Å². The second-order valence-electron chi connectivity index (χ2n) is 6.36. The summed E-state index contributed by atoms with van der Waals surface area (Å²) in [6.45, 7) is 5.75. The van der Waals surface area contributed by atoms with Crippen molar-refractivity contribution in [2.45, 2.75) is 31.2 Å². The molecule has 0 spiro atoms. The first-order valence-corrected chi connectivity index (χ1v) is 9.51. The second-order valence-corrected chi connectivity index (χ2v) is 7.65. The quantitative estimate of drug-likeness (QED) is 0.651. The summed E-state index contributed by atoms with van der Waals surface area (Å²) < 4.78 is 18.1. The number of carbonyl (C=O) groups is 1. The van der Waals surface area contributed by atoms with Gasteiger partial charge in [0, 0.05) is 12.6 Å². The first-order valence-electron chi connectivity index (χ1n) is 8.63. The molecule has 0 aliphatic carbocycles. The first-order chi connectivity index (χ1) is 13.4. The summed E-state index contributed by atoms with van der Waals surface area (Å²) in [5.74, 6) is 1.52. The van der Waals surface area contributed by atoms with E-state index in [0.717, 1.165) is 22.6 Å². The van der Waals surface area contributed by atoms with Crippen molar-refractivity contribution in [1.82, 2.24) is 20.0 Å². The molecule has 2 aromatic heterocycles. The number of hydrogen-bond acceptors (Lipinski definition) is 8. The Morgan fingerprint density at radius 3 is 2.79 bits per heavy atom. The van der Waals surface area contributed by atoms with Crippen molar-refractivity contribution in [2.24, 2.45) is 7.05 Å². The molecule has 0 fully saturated rings. The Bertz CT molecular complexity index is 1040. The highest BCUT2D eigenvalue weighted by Gasteiger charge is 2.22. The Hall–Kier alpha value is -3.01. The van der Waals surface area contributed by atoms with Crippen LogP contribution in [-0.2, 0) is 11.8 Å². The molecule has 1 atom stereocenters. The van der Waals surface area contributed by atoms with Crippen molar-refractivity contribution in [2.75, 3.05) is 12.1 Å². The summed E-state index contributed by atoms with van der Waals surface area (Å²) in [7, 11) is 1.84. The Morgan fingerprint density at radius 2 is 2.04 bits per heavy atom. The zero-order valence-electron chi connectivity index (χ0n) is 15.8. The number of thioether (sulfide) groups is 1. The van der Waals surface area contributed by atoms with Gasteiger partial charge in [0.1, 0.15) is 0 Å². The molecule has 0 bridgehead atoms. The van der Waals surface area contributed by atoms with Gasteiger partial charge < -0.3 is 19.2 Å². The maximum atomic E-state index is 12.5. The molecule has 9 nitrogen and oxygen atoms in total. The van der Waals surface area contributed by atoms with E-state index >= 15 is 0 Å². The van der Waals surface area contributed by atoms with E-state index in [0.29, 0.717) is 22.6 Å². The van der Waals surface area contributed by atoms with Gasteiger partial charge in [-0.1, -0.05) is 11.8 Å². The van der Waals surface area contributed by atoms with Crippen molar-refractivity contribution < 1.29 is 18.7 Å². The van der Waals surface area contributed by atoms with Crippen LogP contribution in [-0.4, -0.2) is 37.9 Å². The van der Waals surface area contributed by atoms with Gasteiger partial charge in [0.2, 0.25) is 18.6 Å². The third-order valence-corrected chi connectivity index (χ3v) is 5.36. The van der Waals surface area contributed by atoms with E-state index in [2.05, 4.69) is 20.6 Å². The number of nitrogens with zero attached hydrogens (tertiary/aromatic N) is 4. The molecule has 10 heteroatoms. The van der Waals surface area contributed by atoms with Crippen LogP contribution in [0.1, 0.15) is 18.3 Å². The molecule has 28 heavy (non-hydrogen) atoms. The lowest BCUT2D eigenvalue weighted by Crippen LogP contribution is -2.23. The molecule has 0 radical (unpaired) electrons. The average molecular weight is 401 g/mol. The summed E-state index contributed by atoms with van der Waals surface area (Å²) in [6, 6.07) is 5.40. The zero-order valence-corrected chi connectivity index (χ0v) is 16.7. The topological polar surface area (TPSA) is 104 Å². The van der Waals surface area contributed by atoms with Gasteiger partial charge in [0.15, 0.2) is 11.5 Å². The van der Waals surface area contributed by atoms with Crippen molar-refractivity contribution in [3.05, 3.63) is 29.6 Å². The predicted molar refractivity (Wildman–Crippen MR) is 102 cm³/mol. The van der Waals surface area contributed by atoms with Crippen LogP contribution in [0, 0.1) is 13.8 Å². The average Bonchev–Trinajstić information content (AvgIpc) is 3.37. The number of amides is 1. The molecule has 3 aromatic rings. The number of ether oxygens (including phenoxy) is 2. The minimum absolute atomic E-state index is 0.160. The molecule has 1 amide bonds. The Balaban J connectivity index is 1.44. The lowest BCUT2D eigenvalue weighted by molar-refractivity contribution is -0.115. The minimum atomic E-state index is -0.427. The monoisotopic (exact) mass is 401 g/mol. The molecule has 0 unspecified atom stereocenters. The molecule has 1 aromatic carbocycles. The van der Waals surface area contributed by atoms with Crippen LogP contribution in [0.5, 0.6) is 11.5 Å². The molecule has 4 rings (SSSR count). The van der Waals surface area contributed by atoms with Crippen molar-refractivity contribution in [3.63, 3.8) is 0 Å². The number of benzene rings is 1. The van der Waals surface area contributed by atoms with Gasteiger partial charge in [-0.3, -0.25) is 9.48 Å². The van der Waals surface area contributed by atoms with Crippen LogP contribution in [0.15, 0.2) is 27.8 Å². The number of rotatable bonds is 5. The third kappa shape index (κ3) is 3.42. The Kier molecular flexibility index (Phi) is 4.71. The van der Waals surface area contributed by atoms with Gasteiger partial charge in [0.25, 0.3) is 5.22 Å². The van der Waals surface area contributed by atoms with Crippen molar-refractivity contribution in [1.29, 1.82) is 0 Å².